The molecule has 1 unspecified atom stereocenters. The van der Waals surface area contributed by atoms with Crippen LogP contribution in [0.5, 0.6) is 0 Å². The van der Waals surface area contributed by atoms with Crippen LogP contribution in [-0.2, 0) is 6.42 Å². The Morgan fingerprint density at radius 2 is 2.12 bits per heavy atom. The zero-order valence-electron chi connectivity index (χ0n) is 9.88. The second-order valence-electron chi connectivity index (χ2n) is 4.70. The lowest BCUT2D eigenvalue weighted by molar-refractivity contribution is 0.421. The van der Waals surface area contributed by atoms with E-state index in [2.05, 4.69) is 12.2 Å². The molecule has 88 valence electrons. The van der Waals surface area contributed by atoms with Crippen LogP contribution in [0.1, 0.15) is 25.3 Å². The van der Waals surface area contributed by atoms with Crippen molar-refractivity contribution in [1.82, 2.24) is 5.32 Å². The lowest BCUT2D eigenvalue weighted by Gasteiger charge is -2.17. The highest BCUT2D eigenvalue weighted by atomic mass is 19.1. The SMILES string of the molecule is CCNCC(Cc1ccccc1F)C1CC1. The molecule has 0 amide bonds. The second-order valence-corrected chi connectivity index (χ2v) is 4.70. The van der Waals surface area contributed by atoms with Crippen molar-refractivity contribution in [2.24, 2.45) is 11.8 Å². The molecule has 0 aromatic heterocycles. The van der Waals surface area contributed by atoms with Gasteiger partial charge in [-0.2, -0.15) is 0 Å². The Morgan fingerprint density at radius 1 is 1.38 bits per heavy atom. The first-order valence-electron chi connectivity index (χ1n) is 6.25. The third-order valence-corrected chi connectivity index (χ3v) is 3.39. The van der Waals surface area contributed by atoms with E-state index in [0.717, 1.165) is 31.0 Å². The van der Waals surface area contributed by atoms with Crippen LogP contribution in [0.25, 0.3) is 0 Å². The molecule has 1 atom stereocenters. The van der Waals surface area contributed by atoms with Gasteiger partial charge in [0.05, 0.1) is 0 Å². The van der Waals surface area contributed by atoms with Crippen molar-refractivity contribution in [1.29, 1.82) is 0 Å². The minimum Gasteiger partial charge on any atom is -0.317 e. The summed E-state index contributed by atoms with van der Waals surface area (Å²) < 4.78 is 13.5. The standard InChI is InChI=1S/C14H20FN/c1-2-16-10-13(11-7-8-11)9-12-5-3-4-6-14(12)15/h3-6,11,13,16H,2,7-10H2,1H3. The summed E-state index contributed by atoms with van der Waals surface area (Å²) >= 11 is 0. The molecule has 1 nitrogen and oxygen atoms in total. The van der Waals surface area contributed by atoms with Crippen LogP contribution in [0, 0.1) is 17.7 Å². The Bertz CT molecular complexity index is 333. The minimum atomic E-state index is -0.0513. The Labute approximate surface area is 97.1 Å². The largest absolute Gasteiger partial charge is 0.317 e. The van der Waals surface area contributed by atoms with Gasteiger partial charge in [0.1, 0.15) is 5.82 Å². The molecule has 0 spiro atoms. The maximum absolute atomic E-state index is 13.5. The molecule has 0 bridgehead atoms. The summed E-state index contributed by atoms with van der Waals surface area (Å²) in [6.45, 7) is 4.14. The normalized spacial score (nSPS) is 17.4. The maximum Gasteiger partial charge on any atom is 0.126 e. The van der Waals surface area contributed by atoms with Crippen molar-refractivity contribution in [2.45, 2.75) is 26.2 Å². The third-order valence-electron chi connectivity index (χ3n) is 3.39. The van der Waals surface area contributed by atoms with E-state index < -0.39 is 0 Å². The molecule has 0 heterocycles. The highest BCUT2D eigenvalue weighted by Crippen LogP contribution is 2.38. The third kappa shape index (κ3) is 3.05. The number of hydrogen-bond acceptors (Lipinski definition) is 1. The van der Waals surface area contributed by atoms with Gasteiger partial charge in [-0.05, 0) is 55.8 Å². The summed E-state index contributed by atoms with van der Waals surface area (Å²) in [6, 6.07) is 7.16. The molecule has 16 heavy (non-hydrogen) atoms. The highest BCUT2D eigenvalue weighted by molar-refractivity contribution is 5.18. The summed E-state index contributed by atoms with van der Waals surface area (Å²) in [5.74, 6) is 1.38. The molecule has 1 aromatic rings. The van der Waals surface area contributed by atoms with Crippen LogP contribution in [0.4, 0.5) is 4.39 Å². The lowest BCUT2D eigenvalue weighted by atomic mass is 9.94. The van der Waals surface area contributed by atoms with Gasteiger partial charge in [0.2, 0.25) is 0 Å². The Balaban J connectivity index is 1.97. The molecule has 2 rings (SSSR count). The van der Waals surface area contributed by atoms with Crippen LogP contribution in [0.3, 0.4) is 0 Å². The molecule has 1 saturated carbocycles. The number of hydrogen-bond donors (Lipinski definition) is 1. The van der Waals surface area contributed by atoms with Gasteiger partial charge in [-0.3, -0.25) is 0 Å². The van der Waals surface area contributed by atoms with Gasteiger partial charge in [-0.15, -0.1) is 0 Å². The van der Waals surface area contributed by atoms with Crippen molar-refractivity contribution < 1.29 is 4.39 Å². The van der Waals surface area contributed by atoms with Gasteiger partial charge in [0.15, 0.2) is 0 Å². The molecule has 0 radical (unpaired) electrons. The first kappa shape index (κ1) is 11.6. The molecular formula is C14H20FN. The summed E-state index contributed by atoms with van der Waals surface area (Å²) in [7, 11) is 0. The smallest absolute Gasteiger partial charge is 0.126 e. The summed E-state index contributed by atoms with van der Waals surface area (Å²) in [4.78, 5) is 0. The van der Waals surface area contributed by atoms with Gasteiger partial charge in [0.25, 0.3) is 0 Å². The monoisotopic (exact) mass is 221 g/mol. The van der Waals surface area contributed by atoms with E-state index >= 15 is 0 Å². The highest BCUT2D eigenvalue weighted by Gasteiger charge is 2.31. The number of nitrogens with one attached hydrogen (secondary N) is 1. The van der Waals surface area contributed by atoms with E-state index in [9.17, 15) is 4.39 Å². The zero-order chi connectivity index (χ0) is 11.4. The van der Waals surface area contributed by atoms with E-state index in [1.165, 1.54) is 12.8 Å². The van der Waals surface area contributed by atoms with E-state index in [1.54, 1.807) is 12.1 Å². The van der Waals surface area contributed by atoms with E-state index in [1.807, 2.05) is 12.1 Å². The first-order valence-corrected chi connectivity index (χ1v) is 6.25. The Kier molecular flexibility index (Phi) is 3.94. The number of benzene rings is 1. The molecule has 0 aliphatic heterocycles. The predicted octanol–water partition coefficient (Wildman–Crippen LogP) is 3.00. The van der Waals surface area contributed by atoms with Crippen molar-refractivity contribution in [3.63, 3.8) is 0 Å². The summed E-state index contributed by atoms with van der Waals surface area (Å²) in [5, 5.41) is 3.39. The van der Waals surface area contributed by atoms with Gasteiger partial charge in [0, 0.05) is 0 Å². The molecular weight excluding hydrogens is 201 g/mol. The van der Waals surface area contributed by atoms with E-state index in [0.29, 0.717) is 5.92 Å². The average Bonchev–Trinajstić information content (AvgIpc) is 3.10. The van der Waals surface area contributed by atoms with Gasteiger partial charge in [-0.1, -0.05) is 25.1 Å². The fourth-order valence-electron chi connectivity index (χ4n) is 2.25. The van der Waals surface area contributed by atoms with E-state index in [4.69, 9.17) is 0 Å². The minimum absolute atomic E-state index is 0.0513. The lowest BCUT2D eigenvalue weighted by Crippen LogP contribution is -2.25. The van der Waals surface area contributed by atoms with Crippen LogP contribution < -0.4 is 5.32 Å². The van der Waals surface area contributed by atoms with Crippen molar-refractivity contribution >= 4 is 0 Å². The fourth-order valence-corrected chi connectivity index (χ4v) is 2.25. The first-order chi connectivity index (χ1) is 7.81. The topological polar surface area (TPSA) is 12.0 Å². The van der Waals surface area contributed by atoms with Crippen LogP contribution in [0.2, 0.25) is 0 Å². The average molecular weight is 221 g/mol. The van der Waals surface area contributed by atoms with Gasteiger partial charge >= 0.3 is 0 Å². The molecule has 2 heteroatoms. The van der Waals surface area contributed by atoms with Crippen molar-refractivity contribution in [2.75, 3.05) is 13.1 Å². The molecule has 0 saturated heterocycles. The molecule has 1 fully saturated rings. The predicted molar refractivity (Wildman–Crippen MR) is 64.9 cm³/mol. The van der Waals surface area contributed by atoms with Crippen LogP contribution in [-0.4, -0.2) is 13.1 Å². The fraction of sp³-hybridized carbons (Fsp3) is 0.571. The number of rotatable bonds is 6. The van der Waals surface area contributed by atoms with Crippen LogP contribution >= 0.6 is 0 Å². The number of halogens is 1. The zero-order valence-corrected chi connectivity index (χ0v) is 9.88. The molecule has 1 aliphatic rings. The summed E-state index contributed by atoms with van der Waals surface area (Å²) in [5.41, 5.74) is 0.873. The van der Waals surface area contributed by atoms with Crippen LogP contribution in [0.15, 0.2) is 24.3 Å². The quantitative estimate of drug-likeness (QED) is 0.778. The van der Waals surface area contributed by atoms with Gasteiger partial charge < -0.3 is 5.32 Å². The Hall–Kier alpha value is -0.890. The van der Waals surface area contributed by atoms with Gasteiger partial charge in [-0.25, -0.2) is 4.39 Å². The molecule has 1 aliphatic carbocycles. The van der Waals surface area contributed by atoms with Crippen molar-refractivity contribution in [3.8, 4) is 0 Å². The van der Waals surface area contributed by atoms with Crippen molar-refractivity contribution in [3.05, 3.63) is 35.6 Å². The second kappa shape index (κ2) is 5.44. The summed E-state index contributed by atoms with van der Waals surface area (Å²) in [6.07, 6.45) is 3.53. The molecule has 1 N–H and O–H groups in total. The Morgan fingerprint density at radius 3 is 2.75 bits per heavy atom. The molecule has 1 aromatic carbocycles. The maximum atomic E-state index is 13.5. The van der Waals surface area contributed by atoms with E-state index in [-0.39, 0.29) is 5.82 Å².